The largest absolute Gasteiger partial charge is 0.468 e. The van der Waals surface area contributed by atoms with Gasteiger partial charge in [0.25, 0.3) is 0 Å². The highest BCUT2D eigenvalue weighted by Crippen LogP contribution is 2.46. The first-order chi connectivity index (χ1) is 8.10. The van der Waals surface area contributed by atoms with Crippen LogP contribution in [0.2, 0.25) is 0 Å². The van der Waals surface area contributed by atoms with Gasteiger partial charge in [0.2, 0.25) is 0 Å². The predicted octanol–water partition coefficient (Wildman–Crippen LogP) is 3.11. The number of hydrogen-bond donors (Lipinski definition) is 0. The number of carbonyl (C=O) groups excluding carboxylic acids is 1. The van der Waals surface area contributed by atoms with E-state index in [1.54, 1.807) is 0 Å². The third-order valence-corrected chi connectivity index (χ3v) is 4.43. The van der Waals surface area contributed by atoms with Gasteiger partial charge in [-0.1, -0.05) is 30.3 Å². The summed E-state index contributed by atoms with van der Waals surface area (Å²) in [4.78, 5) is 12.1. The average Bonchev–Trinajstić information content (AvgIpc) is 2.67. The molecular formula is C13H14Cl2O2. The number of esters is 1. The number of methoxy groups -OCH3 is 1. The number of hydrogen-bond acceptors (Lipinski definition) is 2. The van der Waals surface area contributed by atoms with Crippen LogP contribution in [-0.4, -0.2) is 23.8 Å². The average molecular weight is 273 g/mol. The number of rotatable bonds is 2. The van der Waals surface area contributed by atoms with Crippen molar-refractivity contribution in [3.63, 3.8) is 0 Å². The van der Waals surface area contributed by atoms with Crippen molar-refractivity contribution >= 4 is 29.2 Å². The van der Waals surface area contributed by atoms with Gasteiger partial charge < -0.3 is 4.74 Å². The molecule has 92 valence electrons. The molecule has 1 saturated carbocycles. The van der Waals surface area contributed by atoms with Crippen molar-refractivity contribution in [2.45, 2.75) is 29.0 Å². The summed E-state index contributed by atoms with van der Waals surface area (Å²) in [5, 5.41) is -0.396. The molecule has 1 aliphatic rings. The van der Waals surface area contributed by atoms with Crippen molar-refractivity contribution < 1.29 is 9.53 Å². The van der Waals surface area contributed by atoms with E-state index in [-0.39, 0.29) is 16.7 Å². The van der Waals surface area contributed by atoms with Crippen molar-refractivity contribution in [3.8, 4) is 0 Å². The Hall–Kier alpha value is -0.730. The fourth-order valence-electron chi connectivity index (χ4n) is 2.48. The second kappa shape index (κ2) is 4.87. The molecule has 17 heavy (non-hydrogen) atoms. The molecule has 0 saturated heterocycles. The standard InChI is InChI=1S/C13H14Cl2O2/c1-17-12(16)13(7-10(14)11(15)8-13)9-5-3-2-4-6-9/h2-6,10-11H,7-8H2,1H3/t10-,11-/m0/s1. The van der Waals surface area contributed by atoms with Crippen LogP contribution in [0, 0.1) is 0 Å². The topological polar surface area (TPSA) is 26.3 Å². The smallest absolute Gasteiger partial charge is 0.316 e. The second-order valence-corrected chi connectivity index (χ2v) is 5.50. The van der Waals surface area contributed by atoms with Gasteiger partial charge in [-0.05, 0) is 18.4 Å². The van der Waals surface area contributed by atoms with Crippen LogP contribution >= 0.6 is 23.2 Å². The summed E-state index contributed by atoms with van der Waals surface area (Å²) < 4.78 is 4.93. The van der Waals surface area contributed by atoms with Crippen LogP contribution in [0.3, 0.4) is 0 Å². The van der Waals surface area contributed by atoms with E-state index in [1.807, 2.05) is 30.3 Å². The summed E-state index contributed by atoms with van der Waals surface area (Å²) in [5.41, 5.74) is 0.245. The molecule has 1 aromatic rings. The van der Waals surface area contributed by atoms with Crippen LogP contribution in [0.4, 0.5) is 0 Å². The lowest BCUT2D eigenvalue weighted by atomic mass is 9.79. The SMILES string of the molecule is COC(=O)C1(c2ccccc2)C[C@H](Cl)[C@@H](Cl)C1. The maximum absolute atomic E-state index is 12.1. The fourth-order valence-corrected chi connectivity index (χ4v) is 3.18. The van der Waals surface area contributed by atoms with Crippen LogP contribution in [-0.2, 0) is 14.9 Å². The van der Waals surface area contributed by atoms with E-state index >= 15 is 0 Å². The van der Waals surface area contributed by atoms with Gasteiger partial charge in [-0.15, -0.1) is 23.2 Å². The monoisotopic (exact) mass is 272 g/mol. The Morgan fingerprint density at radius 1 is 1.24 bits per heavy atom. The first-order valence-electron chi connectivity index (χ1n) is 5.52. The molecule has 4 heteroatoms. The van der Waals surface area contributed by atoms with Gasteiger partial charge >= 0.3 is 5.97 Å². The van der Waals surface area contributed by atoms with Gasteiger partial charge in [0.15, 0.2) is 0 Å². The minimum atomic E-state index is -0.686. The molecule has 1 aliphatic carbocycles. The van der Waals surface area contributed by atoms with Crippen molar-refractivity contribution in [1.29, 1.82) is 0 Å². The van der Waals surface area contributed by atoms with E-state index in [0.717, 1.165) is 5.56 Å². The van der Waals surface area contributed by atoms with E-state index < -0.39 is 5.41 Å². The zero-order chi connectivity index (χ0) is 12.5. The van der Waals surface area contributed by atoms with E-state index in [9.17, 15) is 4.79 Å². The third-order valence-electron chi connectivity index (χ3n) is 3.38. The number of halogens is 2. The molecule has 0 aliphatic heterocycles. The van der Waals surface area contributed by atoms with Crippen LogP contribution in [0.25, 0.3) is 0 Å². The summed E-state index contributed by atoms with van der Waals surface area (Å²) in [5.74, 6) is -0.252. The molecule has 2 nitrogen and oxygen atoms in total. The van der Waals surface area contributed by atoms with Crippen molar-refractivity contribution in [2.24, 2.45) is 0 Å². The highest BCUT2D eigenvalue weighted by molar-refractivity contribution is 6.30. The first kappa shape index (κ1) is 12.7. The zero-order valence-corrected chi connectivity index (χ0v) is 11.0. The first-order valence-corrected chi connectivity index (χ1v) is 6.39. The number of ether oxygens (including phenoxy) is 1. The fraction of sp³-hybridized carbons (Fsp3) is 0.462. The Morgan fingerprint density at radius 2 is 1.76 bits per heavy atom. The van der Waals surface area contributed by atoms with E-state index in [2.05, 4.69) is 0 Å². The molecule has 0 radical (unpaired) electrons. The number of alkyl halides is 2. The molecule has 0 spiro atoms. The molecule has 0 heterocycles. The second-order valence-electron chi connectivity index (χ2n) is 4.38. The lowest BCUT2D eigenvalue weighted by Gasteiger charge is -2.26. The molecule has 1 aromatic carbocycles. The molecule has 2 atom stereocenters. The minimum Gasteiger partial charge on any atom is -0.468 e. The van der Waals surface area contributed by atoms with Crippen LogP contribution in [0.1, 0.15) is 18.4 Å². The van der Waals surface area contributed by atoms with Crippen LogP contribution in [0.5, 0.6) is 0 Å². The van der Waals surface area contributed by atoms with Crippen molar-refractivity contribution in [1.82, 2.24) is 0 Å². The molecule has 2 rings (SSSR count). The van der Waals surface area contributed by atoms with Gasteiger partial charge in [-0.2, -0.15) is 0 Å². The minimum absolute atomic E-state index is 0.198. The number of benzene rings is 1. The van der Waals surface area contributed by atoms with Gasteiger partial charge in [0.05, 0.1) is 23.3 Å². The predicted molar refractivity (Wildman–Crippen MR) is 68.7 cm³/mol. The van der Waals surface area contributed by atoms with E-state index in [4.69, 9.17) is 27.9 Å². The Labute approximate surface area is 111 Å². The number of carbonyl (C=O) groups is 1. The summed E-state index contributed by atoms with van der Waals surface area (Å²) in [6, 6.07) is 9.58. The van der Waals surface area contributed by atoms with Crippen molar-refractivity contribution in [3.05, 3.63) is 35.9 Å². The van der Waals surface area contributed by atoms with E-state index in [1.165, 1.54) is 7.11 Å². The molecule has 0 aromatic heterocycles. The molecule has 0 bridgehead atoms. The Morgan fingerprint density at radius 3 is 2.24 bits per heavy atom. The Kier molecular flexibility index (Phi) is 3.64. The summed E-state index contributed by atoms with van der Waals surface area (Å²) >= 11 is 12.3. The maximum atomic E-state index is 12.1. The Balaban J connectivity index is 2.43. The van der Waals surface area contributed by atoms with Gasteiger partial charge in [-0.3, -0.25) is 4.79 Å². The summed E-state index contributed by atoms with van der Waals surface area (Å²) in [7, 11) is 1.40. The normalized spacial score (nSPS) is 26.8. The summed E-state index contributed by atoms with van der Waals surface area (Å²) in [6.45, 7) is 0. The van der Waals surface area contributed by atoms with Crippen molar-refractivity contribution in [2.75, 3.05) is 7.11 Å². The lowest BCUT2D eigenvalue weighted by Crippen LogP contribution is -2.34. The quantitative estimate of drug-likeness (QED) is 0.611. The van der Waals surface area contributed by atoms with Crippen LogP contribution in [0.15, 0.2) is 30.3 Å². The zero-order valence-electron chi connectivity index (χ0n) is 9.53. The van der Waals surface area contributed by atoms with Gasteiger partial charge in [0, 0.05) is 0 Å². The molecule has 1 fully saturated rings. The van der Waals surface area contributed by atoms with E-state index in [0.29, 0.717) is 12.8 Å². The van der Waals surface area contributed by atoms with Crippen LogP contribution < -0.4 is 0 Å². The molecule has 0 unspecified atom stereocenters. The van der Waals surface area contributed by atoms with Gasteiger partial charge in [0.1, 0.15) is 0 Å². The lowest BCUT2D eigenvalue weighted by molar-refractivity contribution is -0.147. The molecular weight excluding hydrogens is 259 g/mol. The highest BCUT2D eigenvalue weighted by Gasteiger charge is 2.51. The van der Waals surface area contributed by atoms with Gasteiger partial charge in [-0.25, -0.2) is 0 Å². The maximum Gasteiger partial charge on any atom is 0.316 e. The summed E-state index contributed by atoms with van der Waals surface area (Å²) in [6.07, 6.45) is 1.05. The Bertz CT molecular complexity index is 395. The third kappa shape index (κ3) is 2.16. The highest BCUT2D eigenvalue weighted by atomic mass is 35.5. The molecule has 0 N–H and O–H groups in total. The molecule has 0 amide bonds.